The number of imidazole rings is 1. The summed E-state index contributed by atoms with van der Waals surface area (Å²) in [6.45, 7) is 1.69. The Kier molecular flexibility index (Phi) is 4.82. The van der Waals surface area contributed by atoms with Gasteiger partial charge in [0.15, 0.2) is 5.15 Å². The topological polar surface area (TPSA) is 74.9 Å². The highest BCUT2D eigenvalue weighted by molar-refractivity contribution is 6.31. The summed E-state index contributed by atoms with van der Waals surface area (Å²) in [4.78, 5) is 28.4. The summed E-state index contributed by atoms with van der Waals surface area (Å²) in [5.74, 6) is -1.86. The summed E-state index contributed by atoms with van der Waals surface area (Å²) in [6, 6.07) is 5.49. The van der Waals surface area contributed by atoms with Crippen LogP contribution in [0.4, 0.5) is 0 Å². The zero-order valence-electron chi connectivity index (χ0n) is 12.2. The fourth-order valence-corrected chi connectivity index (χ4v) is 2.23. The molecule has 22 heavy (non-hydrogen) atoms. The van der Waals surface area contributed by atoms with Crippen molar-refractivity contribution in [2.24, 2.45) is 5.92 Å². The predicted molar refractivity (Wildman–Crippen MR) is 83.7 cm³/mol. The molecule has 2 aromatic rings. The first-order valence-corrected chi connectivity index (χ1v) is 7.06. The first-order valence-electron chi connectivity index (χ1n) is 6.68. The van der Waals surface area contributed by atoms with Gasteiger partial charge in [-0.1, -0.05) is 24.6 Å². The zero-order valence-corrected chi connectivity index (χ0v) is 13.0. The highest BCUT2D eigenvalue weighted by Crippen LogP contribution is 2.18. The van der Waals surface area contributed by atoms with Gasteiger partial charge in [0.05, 0.1) is 11.6 Å². The number of carbonyl (C=O) groups excluding carboxylic acids is 1. The average Bonchev–Trinajstić information content (AvgIpc) is 2.79. The van der Waals surface area contributed by atoms with E-state index in [4.69, 9.17) is 16.7 Å². The van der Waals surface area contributed by atoms with Crippen molar-refractivity contribution in [2.45, 2.75) is 6.92 Å². The Hall–Kier alpha value is -2.34. The summed E-state index contributed by atoms with van der Waals surface area (Å²) in [7, 11) is 1.56. The lowest BCUT2D eigenvalue weighted by atomic mass is 10.2. The molecule has 0 aromatic carbocycles. The summed E-state index contributed by atoms with van der Waals surface area (Å²) in [6.07, 6.45) is 4.73. The lowest BCUT2D eigenvalue weighted by Gasteiger charge is -2.17. The van der Waals surface area contributed by atoms with E-state index in [1.54, 1.807) is 30.6 Å². The van der Waals surface area contributed by atoms with Crippen molar-refractivity contribution in [1.82, 2.24) is 14.3 Å². The molecule has 1 amide bonds. The average molecular weight is 322 g/mol. The number of aliphatic carboxylic acids is 1. The number of fused-ring (bicyclic) bond motifs is 1. The molecule has 0 bridgehead atoms. The Labute approximate surface area is 132 Å². The fraction of sp³-hybridized carbons (Fsp3) is 0.267. The van der Waals surface area contributed by atoms with E-state index in [0.717, 1.165) is 0 Å². The molecule has 0 saturated carbocycles. The van der Waals surface area contributed by atoms with E-state index in [9.17, 15) is 9.59 Å². The Morgan fingerprint density at radius 2 is 2.23 bits per heavy atom. The molecule has 0 spiro atoms. The van der Waals surface area contributed by atoms with Gasteiger partial charge in [-0.05, 0) is 18.2 Å². The normalized spacial score (nSPS) is 12.7. The zero-order chi connectivity index (χ0) is 16.3. The molecule has 0 radical (unpaired) electrons. The van der Waals surface area contributed by atoms with Gasteiger partial charge >= 0.3 is 5.97 Å². The number of halogens is 1. The van der Waals surface area contributed by atoms with Crippen molar-refractivity contribution in [3.8, 4) is 0 Å². The number of likely N-dealkylation sites (N-methyl/N-ethyl adjacent to an activating group) is 1. The molecule has 6 nitrogen and oxygen atoms in total. The van der Waals surface area contributed by atoms with Crippen LogP contribution < -0.4 is 0 Å². The minimum atomic E-state index is -0.937. The monoisotopic (exact) mass is 321 g/mol. The molecule has 0 aliphatic heterocycles. The third kappa shape index (κ3) is 3.46. The number of hydrogen-bond acceptors (Lipinski definition) is 3. The van der Waals surface area contributed by atoms with Crippen LogP contribution in [0.25, 0.3) is 11.7 Å². The predicted octanol–water partition coefficient (Wildman–Crippen LogP) is 2.18. The number of aromatic nitrogens is 2. The van der Waals surface area contributed by atoms with Gasteiger partial charge in [0.2, 0.25) is 5.91 Å². The maximum atomic E-state index is 12.0. The minimum absolute atomic E-state index is 0.138. The fourth-order valence-electron chi connectivity index (χ4n) is 1.99. The van der Waals surface area contributed by atoms with Gasteiger partial charge in [0.25, 0.3) is 0 Å². The number of carboxylic acids is 1. The van der Waals surface area contributed by atoms with Crippen molar-refractivity contribution in [3.05, 3.63) is 41.3 Å². The molecular formula is C15H16ClN3O3. The van der Waals surface area contributed by atoms with Crippen LogP contribution in [0.2, 0.25) is 5.15 Å². The van der Waals surface area contributed by atoms with E-state index in [2.05, 4.69) is 4.98 Å². The number of nitrogens with zero attached hydrogens (tertiary/aromatic N) is 3. The molecule has 1 N–H and O–H groups in total. The highest BCUT2D eigenvalue weighted by atomic mass is 35.5. The maximum Gasteiger partial charge on any atom is 0.308 e. The molecule has 2 heterocycles. The highest BCUT2D eigenvalue weighted by Gasteiger charge is 2.16. The van der Waals surface area contributed by atoms with Crippen molar-refractivity contribution in [2.75, 3.05) is 13.6 Å². The molecular weight excluding hydrogens is 306 g/mol. The van der Waals surface area contributed by atoms with Crippen LogP contribution in [0, 0.1) is 5.92 Å². The maximum absolute atomic E-state index is 12.0. The molecule has 0 fully saturated rings. The van der Waals surface area contributed by atoms with Crippen LogP contribution in [0.15, 0.2) is 30.5 Å². The van der Waals surface area contributed by atoms with Gasteiger partial charge in [-0.25, -0.2) is 4.98 Å². The lowest BCUT2D eigenvalue weighted by Crippen LogP contribution is -2.32. The second-order valence-corrected chi connectivity index (χ2v) is 5.37. The van der Waals surface area contributed by atoms with Crippen LogP contribution in [0.3, 0.4) is 0 Å². The minimum Gasteiger partial charge on any atom is -0.481 e. The molecule has 2 aromatic heterocycles. The first kappa shape index (κ1) is 16.0. The summed E-state index contributed by atoms with van der Waals surface area (Å²) in [5.41, 5.74) is 1.29. The number of carboxylic acid groups (broad SMARTS) is 1. The van der Waals surface area contributed by atoms with Gasteiger partial charge in [0.1, 0.15) is 5.65 Å². The van der Waals surface area contributed by atoms with Gasteiger partial charge in [-0.3, -0.25) is 14.0 Å². The third-order valence-corrected chi connectivity index (χ3v) is 3.53. The van der Waals surface area contributed by atoms with E-state index < -0.39 is 11.9 Å². The number of pyridine rings is 1. The molecule has 1 atom stereocenters. The summed E-state index contributed by atoms with van der Waals surface area (Å²) >= 11 is 6.07. The molecule has 0 aliphatic carbocycles. The Morgan fingerprint density at radius 3 is 2.91 bits per heavy atom. The quantitative estimate of drug-likeness (QED) is 0.856. The summed E-state index contributed by atoms with van der Waals surface area (Å²) < 4.78 is 1.77. The number of amides is 1. The van der Waals surface area contributed by atoms with E-state index in [1.165, 1.54) is 11.0 Å². The molecule has 1 unspecified atom stereocenters. The van der Waals surface area contributed by atoms with E-state index in [0.29, 0.717) is 16.5 Å². The molecule has 2 rings (SSSR count). The van der Waals surface area contributed by atoms with Crippen LogP contribution >= 0.6 is 11.6 Å². The lowest BCUT2D eigenvalue weighted by molar-refractivity contribution is -0.142. The number of hydrogen-bond donors (Lipinski definition) is 1. The Bertz CT molecular complexity index is 739. The smallest absolute Gasteiger partial charge is 0.308 e. The largest absolute Gasteiger partial charge is 0.481 e. The number of rotatable bonds is 5. The second-order valence-electron chi connectivity index (χ2n) is 5.01. The molecule has 7 heteroatoms. The molecule has 0 saturated heterocycles. The van der Waals surface area contributed by atoms with Gasteiger partial charge in [-0.15, -0.1) is 0 Å². The van der Waals surface area contributed by atoms with E-state index >= 15 is 0 Å². The van der Waals surface area contributed by atoms with Gasteiger partial charge in [0, 0.05) is 25.9 Å². The van der Waals surface area contributed by atoms with E-state index in [1.807, 2.05) is 18.2 Å². The Balaban J connectivity index is 2.15. The Morgan fingerprint density at radius 1 is 1.50 bits per heavy atom. The van der Waals surface area contributed by atoms with Crippen LogP contribution in [-0.4, -0.2) is 44.9 Å². The standard InChI is InChI=1S/C15H16ClN3O3/c1-10(15(21)22)9-18(2)13(20)7-6-11-14(16)17-12-5-3-4-8-19(11)12/h3-8,10H,9H2,1-2H3,(H,21,22). The first-order chi connectivity index (χ1) is 10.4. The van der Waals surface area contributed by atoms with Crippen LogP contribution in [-0.2, 0) is 9.59 Å². The van der Waals surface area contributed by atoms with Crippen molar-refractivity contribution in [1.29, 1.82) is 0 Å². The van der Waals surface area contributed by atoms with Gasteiger partial charge < -0.3 is 10.0 Å². The van der Waals surface area contributed by atoms with Crippen LogP contribution in [0.1, 0.15) is 12.6 Å². The van der Waals surface area contributed by atoms with Crippen molar-refractivity contribution < 1.29 is 14.7 Å². The van der Waals surface area contributed by atoms with Gasteiger partial charge in [-0.2, -0.15) is 0 Å². The number of carbonyl (C=O) groups is 2. The van der Waals surface area contributed by atoms with Crippen molar-refractivity contribution in [3.63, 3.8) is 0 Å². The second kappa shape index (κ2) is 6.62. The third-order valence-electron chi connectivity index (χ3n) is 3.25. The summed E-state index contributed by atoms with van der Waals surface area (Å²) in [5, 5.41) is 9.17. The molecule has 116 valence electrons. The molecule has 0 aliphatic rings. The SMILES string of the molecule is CC(CN(C)C(=O)C=Cc1c(Cl)nc2ccccn12)C(=O)O. The van der Waals surface area contributed by atoms with Crippen molar-refractivity contribution >= 4 is 35.2 Å². The van der Waals surface area contributed by atoms with Crippen LogP contribution in [0.5, 0.6) is 0 Å². The van der Waals surface area contributed by atoms with E-state index in [-0.39, 0.29) is 12.5 Å².